The summed E-state index contributed by atoms with van der Waals surface area (Å²) in [4.78, 5) is 44.2. The summed E-state index contributed by atoms with van der Waals surface area (Å²) < 4.78 is 13.6. The van der Waals surface area contributed by atoms with Gasteiger partial charge in [-0.3, -0.25) is 19.7 Å². The number of carbonyl (C=O) groups excluding carboxylic acids is 3. The van der Waals surface area contributed by atoms with Crippen LogP contribution >= 0.6 is 0 Å². The smallest absolute Gasteiger partial charge is 0.270 e. The molecule has 3 amide bonds. The molecule has 4 heterocycles. The van der Waals surface area contributed by atoms with E-state index in [9.17, 15) is 18.8 Å². The van der Waals surface area contributed by atoms with Gasteiger partial charge in [0.1, 0.15) is 17.9 Å². The van der Waals surface area contributed by atoms with Crippen LogP contribution in [-0.2, 0) is 9.59 Å². The van der Waals surface area contributed by atoms with E-state index in [1.807, 2.05) is 6.07 Å². The minimum absolute atomic E-state index is 0.213. The molecule has 31 heavy (non-hydrogen) atoms. The lowest BCUT2D eigenvalue weighted by molar-refractivity contribution is -0.134. The molecule has 3 aliphatic heterocycles. The van der Waals surface area contributed by atoms with Crippen molar-refractivity contribution in [3.63, 3.8) is 0 Å². The van der Waals surface area contributed by atoms with Gasteiger partial charge < -0.3 is 15.1 Å². The number of rotatable bonds is 5. The highest BCUT2D eigenvalue weighted by Gasteiger charge is 2.29. The van der Waals surface area contributed by atoms with Crippen molar-refractivity contribution in [2.75, 3.05) is 37.6 Å². The Balaban J connectivity index is 1.25. The maximum Gasteiger partial charge on any atom is 0.270 e. The average molecular weight is 432 g/mol. The number of nitrogens with zero attached hydrogens (tertiary/aromatic N) is 3. The first-order valence-corrected chi connectivity index (χ1v) is 11.2. The molecule has 3 saturated heterocycles. The Morgan fingerprint density at radius 3 is 2.65 bits per heavy atom. The molecule has 4 rings (SSSR count). The van der Waals surface area contributed by atoms with Gasteiger partial charge in [-0.1, -0.05) is 0 Å². The van der Waals surface area contributed by atoms with Crippen molar-refractivity contribution in [2.45, 2.75) is 50.7 Å². The van der Waals surface area contributed by atoms with E-state index in [1.54, 1.807) is 12.3 Å². The van der Waals surface area contributed by atoms with Crippen LogP contribution in [0.1, 0.15) is 49.0 Å². The second-order valence-electron chi connectivity index (χ2n) is 8.81. The first kappa shape index (κ1) is 21.7. The molecule has 1 aromatic heterocycles. The average Bonchev–Trinajstić information content (AvgIpc) is 2.76. The number of imide groups is 1. The van der Waals surface area contributed by atoms with Gasteiger partial charge in [-0.25, -0.2) is 9.37 Å². The number of alkyl halides is 1. The maximum atomic E-state index is 13.6. The lowest BCUT2D eigenvalue weighted by atomic mass is 9.95. The fourth-order valence-electron chi connectivity index (χ4n) is 4.67. The SMILES string of the molecule is O=C1CCC(NC(=O)c2ccc(N3CCC(CN4CCCC(F)C4)CC3)cn2)C(=O)N1. The van der Waals surface area contributed by atoms with E-state index in [0.717, 1.165) is 51.1 Å². The van der Waals surface area contributed by atoms with Crippen LogP contribution in [0.3, 0.4) is 0 Å². The van der Waals surface area contributed by atoms with E-state index in [2.05, 4.69) is 25.4 Å². The molecule has 0 saturated carbocycles. The Morgan fingerprint density at radius 2 is 1.97 bits per heavy atom. The zero-order chi connectivity index (χ0) is 21.8. The highest BCUT2D eigenvalue weighted by molar-refractivity contribution is 6.03. The number of piperidine rings is 3. The number of hydrogen-bond acceptors (Lipinski definition) is 6. The van der Waals surface area contributed by atoms with Crippen LogP contribution in [0, 0.1) is 5.92 Å². The largest absolute Gasteiger partial charge is 0.370 e. The predicted octanol–water partition coefficient (Wildman–Crippen LogP) is 1.27. The molecule has 3 aliphatic rings. The summed E-state index contributed by atoms with van der Waals surface area (Å²) in [5.41, 5.74) is 1.21. The van der Waals surface area contributed by atoms with E-state index in [-0.39, 0.29) is 18.0 Å². The highest BCUT2D eigenvalue weighted by atomic mass is 19.1. The number of halogens is 1. The van der Waals surface area contributed by atoms with Crippen LogP contribution in [0.4, 0.5) is 10.1 Å². The maximum absolute atomic E-state index is 13.6. The van der Waals surface area contributed by atoms with E-state index in [4.69, 9.17) is 0 Å². The third-order valence-corrected chi connectivity index (χ3v) is 6.47. The first-order chi connectivity index (χ1) is 15.0. The van der Waals surface area contributed by atoms with E-state index >= 15 is 0 Å². The standard InChI is InChI=1S/C22H30FN5O3/c23-16-2-1-9-27(14-16)13-15-7-10-28(11-8-15)17-3-4-18(24-12-17)21(30)25-19-5-6-20(29)26-22(19)31/h3-4,12,15-16,19H,1-2,5-11,13-14H2,(H,25,30)(H,26,29,31). The van der Waals surface area contributed by atoms with Crippen molar-refractivity contribution in [3.05, 3.63) is 24.0 Å². The Bertz CT molecular complexity index is 810. The molecule has 2 N–H and O–H groups in total. The number of nitrogens with one attached hydrogen (secondary N) is 2. The van der Waals surface area contributed by atoms with Gasteiger partial charge in [-0.15, -0.1) is 0 Å². The minimum Gasteiger partial charge on any atom is -0.370 e. The molecule has 0 aromatic carbocycles. The molecule has 2 unspecified atom stereocenters. The van der Waals surface area contributed by atoms with Crippen molar-refractivity contribution in [1.82, 2.24) is 20.5 Å². The zero-order valence-corrected chi connectivity index (χ0v) is 17.7. The monoisotopic (exact) mass is 431 g/mol. The second kappa shape index (κ2) is 9.72. The van der Waals surface area contributed by atoms with Gasteiger partial charge in [-0.2, -0.15) is 0 Å². The van der Waals surface area contributed by atoms with Crippen LogP contribution < -0.4 is 15.5 Å². The van der Waals surface area contributed by atoms with Crippen molar-refractivity contribution in [3.8, 4) is 0 Å². The number of anilines is 1. The van der Waals surface area contributed by atoms with E-state index in [1.165, 1.54) is 0 Å². The second-order valence-corrected chi connectivity index (χ2v) is 8.81. The van der Waals surface area contributed by atoms with Gasteiger partial charge in [0.15, 0.2) is 0 Å². The number of pyridine rings is 1. The van der Waals surface area contributed by atoms with Crippen LogP contribution in [0.25, 0.3) is 0 Å². The zero-order valence-electron chi connectivity index (χ0n) is 17.7. The van der Waals surface area contributed by atoms with Gasteiger partial charge in [0.05, 0.1) is 11.9 Å². The highest BCUT2D eigenvalue weighted by Crippen LogP contribution is 2.25. The number of carbonyl (C=O) groups is 3. The van der Waals surface area contributed by atoms with Crippen molar-refractivity contribution in [2.24, 2.45) is 5.92 Å². The molecule has 0 spiro atoms. The summed E-state index contributed by atoms with van der Waals surface area (Å²) in [5, 5.41) is 4.87. The molecular weight excluding hydrogens is 401 g/mol. The van der Waals surface area contributed by atoms with Crippen molar-refractivity contribution in [1.29, 1.82) is 0 Å². The summed E-state index contributed by atoms with van der Waals surface area (Å²) >= 11 is 0. The first-order valence-electron chi connectivity index (χ1n) is 11.2. The van der Waals surface area contributed by atoms with Crippen LogP contribution in [-0.4, -0.2) is 72.5 Å². The number of likely N-dealkylation sites (tertiary alicyclic amines) is 1. The Kier molecular flexibility index (Phi) is 6.80. The Labute approximate surface area is 181 Å². The van der Waals surface area contributed by atoms with E-state index in [0.29, 0.717) is 25.3 Å². The molecule has 3 fully saturated rings. The Morgan fingerprint density at radius 1 is 1.16 bits per heavy atom. The van der Waals surface area contributed by atoms with Crippen LogP contribution in [0.2, 0.25) is 0 Å². The van der Waals surface area contributed by atoms with Crippen LogP contribution in [0.5, 0.6) is 0 Å². The molecule has 2 atom stereocenters. The normalized spacial score (nSPS) is 25.9. The number of aromatic nitrogens is 1. The molecular formula is C22H30FN5O3. The minimum atomic E-state index is -0.710. The molecule has 1 aromatic rings. The van der Waals surface area contributed by atoms with Gasteiger partial charge in [0, 0.05) is 32.6 Å². The van der Waals surface area contributed by atoms with Crippen molar-refractivity contribution < 1.29 is 18.8 Å². The lowest BCUT2D eigenvalue weighted by Crippen LogP contribution is -2.52. The number of amides is 3. The van der Waals surface area contributed by atoms with Crippen molar-refractivity contribution >= 4 is 23.4 Å². The van der Waals surface area contributed by atoms with Gasteiger partial charge in [-0.05, 0) is 56.7 Å². The van der Waals surface area contributed by atoms with Gasteiger partial charge in [0.25, 0.3) is 5.91 Å². The molecule has 168 valence electrons. The molecule has 9 heteroatoms. The summed E-state index contributed by atoms with van der Waals surface area (Å²) in [6, 6.07) is 2.83. The van der Waals surface area contributed by atoms with E-state index < -0.39 is 24.0 Å². The molecule has 0 bridgehead atoms. The fourth-order valence-corrected chi connectivity index (χ4v) is 4.67. The topological polar surface area (TPSA) is 94.6 Å². The molecule has 8 nitrogen and oxygen atoms in total. The summed E-state index contributed by atoms with van der Waals surface area (Å²) in [7, 11) is 0. The Hall–Kier alpha value is -2.55. The third-order valence-electron chi connectivity index (χ3n) is 6.47. The summed E-state index contributed by atoms with van der Waals surface area (Å²) in [6.45, 7) is 4.40. The summed E-state index contributed by atoms with van der Waals surface area (Å²) in [6.07, 6.45) is 5.30. The number of hydrogen-bond donors (Lipinski definition) is 2. The summed E-state index contributed by atoms with van der Waals surface area (Å²) in [5.74, 6) is -0.625. The van der Waals surface area contributed by atoms with Gasteiger partial charge in [0.2, 0.25) is 11.8 Å². The fraction of sp³-hybridized carbons (Fsp3) is 0.636. The lowest BCUT2D eigenvalue weighted by Gasteiger charge is -2.37. The third kappa shape index (κ3) is 5.58. The van der Waals surface area contributed by atoms with Gasteiger partial charge >= 0.3 is 0 Å². The predicted molar refractivity (Wildman–Crippen MR) is 113 cm³/mol. The van der Waals surface area contributed by atoms with Crippen LogP contribution in [0.15, 0.2) is 18.3 Å². The quantitative estimate of drug-likeness (QED) is 0.682. The molecule has 0 aliphatic carbocycles. The molecule has 0 radical (unpaired) electrons.